The molecule has 0 aromatic heterocycles. The minimum atomic E-state index is -0.261. The van der Waals surface area contributed by atoms with Crippen LogP contribution in [0.4, 0.5) is 0 Å². The summed E-state index contributed by atoms with van der Waals surface area (Å²) in [5.74, 6) is -0.227. The van der Waals surface area contributed by atoms with E-state index in [4.69, 9.17) is 5.73 Å². The largest absolute Gasteiger partial charge is 0.316 e. The summed E-state index contributed by atoms with van der Waals surface area (Å²) in [6.07, 6.45) is 4.30. The van der Waals surface area contributed by atoms with Gasteiger partial charge in [0, 0.05) is 20.9 Å². The Labute approximate surface area is 142 Å². The second kappa shape index (κ2) is 6.69. The highest BCUT2D eigenvalue weighted by molar-refractivity contribution is 9.10. The van der Waals surface area contributed by atoms with Gasteiger partial charge in [-0.3, -0.25) is 9.59 Å². The lowest BCUT2D eigenvalue weighted by Crippen LogP contribution is -2.23. The number of hydrogen-bond acceptors (Lipinski definition) is 4. The lowest BCUT2D eigenvalue weighted by molar-refractivity contribution is -0.114. The van der Waals surface area contributed by atoms with Gasteiger partial charge in [0.2, 0.25) is 0 Å². The van der Waals surface area contributed by atoms with Crippen LogP contribution >= 0.6 is 27.7 Å². The molecule has 2 aliphatic rings. The van der Waals surface area contributed by atoms with Crippen LogP contribution in [0.5, 0.6) is 0 Å². The number of carbonyl (C=O) groups excluding carboxylic acids is 2. The number of nitrogens with two attached hydrogens (primary N) is 1. The third kappa shape index (κ3) is 3.21. The highest BCUT2D eigenvalue weighted by Crippen LogP contribution is 2.44. The molecular weight excluding hydrogens is 362 g/mol. The first kappa shape index (κ1) is 16.0. The summed E-state index contributed by atoms with van der Waals surface area (Å²) in [6.45, 7) is 0. The Morgan fingerprint density at radius 2 is 1.91 bits per heavy atom. The van der Waals surface area contributed by atoms with E-state index < -0.39 is 0 Å². The third-order valence-corrected chi connectivity index (χ3v) is 6.19. The molecule has 2 atom stereocenters. The number of rotatable bonds is 4. The second-order valence-electron chi connectivity index (χ2n) is 5.76. The predicted molar refractivity (Wildman–Crippen MR) is 92.9 cm³/mol. The summed E-state index contributed by atoms with van der Waals surface area (Å²) in [5.41, 5.74) is 8.64. The van der Waals surface area contributed by atoms with Gasteiger partial charge in [-0.2, -0.15) is 0 Å². The fourth-order valence-corrected chi connectivity index (χ4v) is 4.93. The van der Waals surface area contributed by atoms with E-state index in [0.717, 1.165) is 29.3 Å². The van der Waals surface area contributed by atoms with Crippen molar-refractivity contribution in [1.29, 1.82) is 0 Å². The fourth-order valence-electron chi connectivity index (χ4n) is 3.18. The van der Waals surface area contributed by atoms with Crippen molar-refractivity contribution >= 4 is 39.3 Å². The van der Waals surface area contributed by atoms with Crippen LogP contribution in [0.3, 0.4) is 0 Å². The summed E-state index contributed by atoms with van der Waals surface area (Å²) in [5, 5.41) is 0.133. The van der Waals surface area contributed by atoms with E-state index in [9.17, 15) is 9.59 Å². The van der Waals surface area contributed by atoms with Crippen molar-refractivity contribution in [3.8, 4) is 0 Å². The van der Waals surface area contributed by atoms with Gasteiger partial charge in [0.15, 0.2) is 11.6 Å². The van der Waals surface area contributed by atoms with Crippen LogP contribution in [0.2, 0.25) is 0 Å². The number of hydrogen-bond donors (Lipinski definition) is 1. The maximum atomic E-state index is 12.6. The Morgan fingerprint density at radius 3 is 2.64 bits per heavy atom. The van der Waals surface area contributed by atoms with Crippen LogP contribution in [-0.4, -0.2) is 22.2 Å². The van der Waals surface area contributed by atoms with E-state index in [1.165, 1.54) is 12.0 Å². The van der Waals surface area contributed by atoms with Gasteiger partial charge in [-0.25, -0.2) is 0 Å². The van der Waals surface area contributed by atoms with Crippen molar-refractivity contribution < 1.29 is 9.59 Å². The van der Waals surface area contributed by atoms with Gasteiger partial charge in [0.25, 0.3) is 0 Å². The summed E-state index contributed by atoms with van der Waals surface area (Å²) in [6, 6.07) is 7.11. The minimum Gasteiger partial charge on any atom is -0.316 e. The number of halogens is 1. The molecule has 2 N–H and O–H groups in total. The van der Waals surface area contributed by atoms with Gasteiger partial charge in [0.05, 0.1) is 11.8 Å². The van der Waals surface area contributed by atoms with Gasteiger partial charge in [-0.15, -0.1) is 11.8 Å². The lowest BCUT2D eigenvalue weighted by Gasteiger charge is -2.19. The number of Topliss-reactive ketones (excluding diaryl/α,β-unsaturated/α-hetero) is 2. The number of thioether (sulfide) groups is 1. The SMILES string of the molecule is NC1SC2CCCCC2=C1C(=O)CC(=O)c1ccc(Br)cc1. The molecule has 1 saturated carbocycles. The van der Waals surface area contributed by atoms with Crippen molar-refractivity contribution in [2.45, 2.75) is 42.7 Å². The molecule has 0 spiro atoms. The molecule has 5 heteroatoms. The average Bonchev–Trinajstić information content (AvgIpc) is 2.83. The molecule has 1 aromatic rings. The maximum absolute atomic E-state index is 12.6. The third-order valence-electron chi connectivity index (χ3n) is 4.28. The van der Waals surface area contributed by atoms with Gasteiger partial charge >= 0.3 is 0 Å². The van der Waals surface area contributed by atoms with Crippen molar-refractivity contribution in [2.24, 2.45) is 5.73 Å². The Morgan fingerprint density at radius 1 is 1.18 bits per heavy atom. The number of fused-ring (bicyclic) bond motifs is 1. The molecule has 1 aromatic carbocycles. The normalized spacial score (nSPS) is 24.3. The summed E-state index contributed by atoms with van der Waals surface area (Å²) in [4.78, 5) is 24.9. The molecule has 0 bridgehead atoms. The number of benzene rings is 1. The molecule has 1 fully saturated rings. The van der Waals surface area contributed by atoms with Crippen molar-refractivity contribution in [2.75, 3.05) is 0 Å². The molecule has 2 unspecified atom stereocenters. The zero-order valence-electron chi connectivity index (χ0n) is 12.2. The van der Waals surface area contributed by atoms with Gasteiger partial charge in [0.1, 0.15) is 0 Å². The van der Waals surface area contributed by atoms with Crippen LogP contribution in [0.15, 0.2) is 39.9 Å². The van der Waals surface area contributed by atoms with Crippen LogP contribution < -0.4 is 5.73 Å². The van der Waals surface area contributed by atoms with Crippen LogP contribution in [0, 0.1) is 0 Å². The topological polar surface area (TPSA) is 60.2 Å². The minimum absolute atomic E-state index is 0.0819. The second-order valence-corrected chi connectivity index (χ2v) is 8.02. The van der Waals surface area contributed by atoms with Gasteiger partial charge < -0.3 is 5.73 Å². The van der Waals surface area contributed by atoms with E-state index in [-0.39, 0.29) is 23.4 Å². The van der Waals surface area contributed by atoms with Gasteiger partial charge in [-0.05, 0) is 37.0 Å². The van der Waals surface area contributed by atoms with Crippen LogP contribution in [-0.2, 0) is 4.79 Å². The average molecular weight is 380 g/mol. The zero-order valence-corrected chi connectivity index (χ0v) is 14.6. The predicted octanol–water partition coefficient (Wildman–Crippen LogP) is 3.86. The lowest BCUT2D eigenvalue weighted by atomic mass is 9.88. The van der Waals surface area contributed by atoms with E-state index >= 15 is 0 Å². The number of carbonyl (C=O) groups is 2. The molecule has 0 radical (unpaired) electrons. The van der Waals surface area contributed by atoms with Crippen LogP contribution in [0.1, 0.15) is 42.5 Å². The van der Waals surface area contributed by atoms with Crippen molar-refractivity contribution in [3.63, 3.8) is 0 Å². The summed E-state index contributed by atoms with van der Waals surface area (Å²) >= 11 is 5.02. The highest BCUT2D eigenvalue weighted by Gasteiger charge is 2.37. The quantitative estimate of drug-likeness (QED) is 0.637. The van der Waals surface area contributed by atoms with E-state index in [1.54, 1.807) is 23.9 Å². The Balaban J connectivity index is 1.76. The molecule has 22 heavy (non-hydrogen) atoms. The highest BCUT2D eigenvalue weighted by atomic mass is 79.9. The molecule has 3 nitrogen and oxygen atoms in total. The molecule has 0 amide bonds. The molecule has 116 valence electrons. The summed E-state index contributed by atoms with van der Waals surface area (Å²) < 4.78 is 0.916. The first-order valence-corrected chi connectivity index (χ1v) is 9.26. The Bertz CT molecular complexity index is 639. The van der Waals surface area contributed by atoms with Crippen LogP contribution in [0.25, 0.3) is 0 Å². The van der Waals surface area contributed by atoms with Gasteiger partial charge in [-0.1, -0.05) is 34.5 Å². The van der Waals surface area contributed by atoms with Crippen molar-refractivity contribution in [1.82, 2.24) is 0 Å². The van der Waals surface area contributed by atoms with E-state index in [0.29, 0.717) is 10.8 Å². The summed E-state index contributed by atoms with van der Waals surface area (Å²) in [7, 11) is 0. The first-order chi connectivity index (χ1) is 10.6. The molecular formula is C17H18BrNO2S. The molecule has 1 aliphatic heterocycles. The molecule has 0 saturated heterocycles. The monoisotopic (exact) mass is 379 g/mol. The zero-order chi connectivity index (χ0) is 15.7. The van der Waals surface area contributed by atoms with E-state index in [2.05, 4.69) is 15.9 Å². The number of ketones is 2. The van der Waals surface area contributed by atoms with Crippen molar-refractivity contribution in [3.05, 3.63) is 45.4 Å². The maximum Gasteiger partial charge on any atom is 0.170 e. The standard InChI is InChI=1S/C17H18BrNO2S/c18-11-7-5-10(6-8-11)13(20)9-14(21)16-12-3-1-2-4-15(12)22-17(16)19/h5-8,15,17H,1-4,9,19H2. The smallest absolute Gasteiger partial charge is 0.170 e. The Kier molecular flexibility index (Phi) is 4.85. The first-order valence-electron chi connectivity index (χ1n) is 7.52. The molecule has 1 heterocycles. The molecule has 1 aliphatic carbocycles. The fraction of sp³-hybridized carbons (Fsp3) is 0.412. The Hall–Kier alpha value is -0.910. The molecule has 3 rings (SSSR count). The van der Waals surface area contributed by atoms with E-state index in [1.807, 2.05) is 12.1 Å².